The molecule has 0 bridgehead atoms. The van der Waals surface area contributed by atoms with E-state index < -0.39 is 33.5 Å². The number of sulfonamides is 1. The summed E-state index contributed by atoms with van der Waals surface area (Å²) in [7, 11) is -4.34. The molecule has 0 unspecified atom stereocenters. The third-order valence-electron chi connectivity index (χ3n) is 4.37. The summed E-state index contributed by atoms with van der Waals surface area (Å²) in [6, 6.07) is 10.6. The summed E-state index contributed by atoms with van der Waals surface area (Å²) in [5.74, 6) is -1.24. The maximum absolute atomic E-state index is 13.3. The lowest BCUT2D eigenvalue weighted by Crippen LogP contribution is -2.17. The van der Waals surface area contributed by atoms with E-state index in [9.17, 15) is 30.8 Å². The molecule has 0 atom stereocenters. The highest BCUT2D eigenvalue weighted by Gasteiger charge is 2.31. The van der Waals surface area contributed by atoms with Gasteiger partial charge in [0.05, 0.1) is 21.0 Å². The number of nitrogens with one attached hydrogen (secondary N) is 2. The van der Waals surface area contributed by atoms with Gasteiger partial charge in [-0.2, -0.15) is 13.2 Å². The second-order valence-electron chi connectivity index (χ2n) is 6.74. The number of benzene rings is 3. The molecule has 0 aliphatic rings. The maximum atomic E-state index is 13.3. The van der Waals surface area contributed by atoms with Crippen LogP contribution in [0.2, 0.25) is 5.02 Å². The summed E-state index contributed by atoms with van der Waals surface area (Å²) in [6.07, 6.45) is -4.65. The molecule has 2 N–H and O–H groups in total. The molecule has 0 aliphatic heterocycles. The van der Waals surface area contributed by atoms with E-state index in [2.05, 4.69) is 10.0 Å². The van der Waals surface area contributed by atoms with Crippen LogP contribution in [0.15, 0.2) is 65.6 Å². The van der Waals surface area contributed by atoms with Crippen LogP contribution in [-0.2, 0) is 16.2 Å². The van der Waals surface area contributed by atoms with Gasteiger partial charge in [0, 0.05) is 11.4 Å². The zero-order valence-corrected chi connectivity index (χ0v) is 17.9. The first-order valence-electron chi connectivity index (χ1n) is 8.94. The lowest BCUT2D eigenvalue weighted by molar-refractivity contribution is -0.137. The van der Waals surface area contributed by atoms with Gasteiger partial charge in [-0.15, -0.1) is 0 Å². The highest BCUT2D eigenvalue weighted by Crippen LogP contribution is 2.31. The Morgan fingerprint density at radius 2 is 1.72 bits per heavy atom. The number of alkyl halides is 3. The second-order valence-corrected chi connectivity index (χ2v) is 8.83. The molecule has 3 rings (SSSR count). The molecule has 0 radical (unpaired) electrons. The SMILES string of the molecule is Cc1cc(F)ccc1NC(=O)c1cc(S(=O)(=O)Nc2cccc(C(F)(F)F)c2)ccc1Cl. The number of aryl methyl sites for hydroxylation is 1. The van der Waals surface area contributed by atoms with Crippen molar-refractivity contribution in [2.24, 2.45) is 0 Å². The molecular formula is C21H15ClF4N2O3S. The van der Waals surface area contributed by atoms with Gasteiger partial charge in [-0.1, -0.05) is 17.7 Å². The highest BCUT2D eigenvalue weighted by molar-refractivity contribution is 7.92. The molecule has 0 aliphatic carbocycles. The predicted molar refractivity (Wildman–Crippen MR) is 113 cm³/mol. The average molecular weight is 487 g/mol. The van der Waals surface area contributed by atoms with Gasteiger partial charge in [0.2, 0.25) is 0 Å². The number of amides is 1. The summed E-state index contributed by atoms with van der Waals surface area (Å²) < 4.78 is 79.3. The summed E-state index contributed by atoms with van der Waals surface area (Å²) in [4.78, 5) is 12.2. The first-order chi connectivity index (χ1) is 14.9. The van der Waals surface area contributed by atoms with Gasteiger partial charge in [-0.05, 0) is 67.1 Å². The van der Waals surface area contributed by atoms with Crippen LogP contribution in [0.4, 0.5) is 28.9 Å². The average Bonchev–Trinajstić information content (AvgIpc) is 2.69. The molecule has 0 saturated carbocycles. The van der Waals surface area contributed by atoms with Crippen LogP contribution >= 0.6 is 11.6 Å². The molecule has 3 aromatic rings. The quantitative estimate of drug-likeness (QED) is 0.444. The van der Waals surface area contributed by atoms with Crippen LogP contribution in [0.5, 0.6) is 0 Å². The topological polar surface area (TPSA) is 75.3 Å². The Hall–Kier alpha value is -3.11. The van der Waals surface area contributed by atoms with E-state index in [-0.39, 0.29) is 21.2 Å². The van der Waals surface area contributed by atoms with Crippen molar-refractivity contribution in [1.82, 2.24) is 0 Å². The Balaban J connectivity index is 1.89. The van der Waals surface area contributed by atoms with Crippen molar-refractivity contribution < 1.29 is 30.8 Å². The fourth-order valence-electron chi connectivity index (χ4n) is 2.78. The largest absolute Gasteiger partial charge is 0.416 e. The van der Waals surface area contributed by atoms with Crippen LogP contribution in [0.1, 0.15) is 21.5 Å². The van der Waals surface area contributed by atoms with Crippen molar-refractivity contribution in [2.45, 2.75) is 18.0 Å². The number of hydrogen-bond acceptors (Lipinski definition) is 3. The van der Waals surface area contributed by atoms with Gasteiger partial charge in [0.1, 0.15) is 5.82 Å². The van der Waals surface area contributed by atoms with Crippen molar-refractivity contribution in [1.29, 1.82) is 0 Å². The van der Waals surface area contributed by atoms with Crippen molar-refractivity contribution in [3.8, 4) is 0 Å². The maximum Gasteiger partial charge on any atom is 0.416 e. The van der Waals surface area contributed by atoms with Gasteiger partial charge < -0.3 is 5.32 Å². The van der Waals surface area contributed by atoms with E-state index in [1.807, 2.05) is 0 Å². The zero-order chi connectivity index (χ0) is 23.7. The molecular weight excluding hydrogens is 472 g/mol. The van der Waals surface area contributed by atoms with Gasteiger partial charge in [0.25, 0.3) is 15.9 Å². The fourth-order valence-corrected chi connectivity index (χ4v) is 4.05. The van der Waals surface area contributed by atoms with Crippen LogP contribution in [-0.4, -0.2) is 14.3 Å². The monoisotopic (exact) mass is 486 g/mol. The van der Waals surface area contributed by atoms with Gasteiger partial charge in [0.15, 0.2) is 0 Å². The number of anilines is 2. The molecule has 168 valence electrons. The number of rotatable bonds is 5. The number of carbonyl (C=O) groups excluding carboxylic acids is 1. The van der Waals surface area contributed by atoms with Gasteiger partial charge in [-0.3, -0.25) is 9.52 Å². The van der Waals surface area contributed by atoms with Crippen LogP contribution in [0, 0.1) is 12.7 Å². The molecule has 32 heavy (non-hydrogen) atoms. The normalized spacial score (nSPS) is 11.8. The summed E-state index contributed by atoms with van der Waals surface area (Å²) in [6.45, 7) is 1.57. The smallest absolute Gasteiger partial charge is 0.322 e. The molecule has 0 aromatic heterocycles. The van der Waals surface area contributed by atoms with E-state index in [4.69, 9.17) is 11.6 Å². The van der Waals surface area contributed by atoms with E-state index in [0.29, 0.717) is 17.3 Å². The molecule has 0 saturated heterocycles. The molecule has 0 fully saturated rings. The van der Waals surface area contributed by atoms with Crippen molar-refractivity contribution >= 4 is 38.9 Å². The van der Waals surface area contributed by atoms with Crippen molar-refractivity contribution in [3.05, 3.63) is 88.2 Å². The van der Waals surface area contributed by atoms with Gasteiger partial charge >= 0.3 is 6.18 Å². The van der Waals surface area contributed by atoms with E-state index in [1.165, 1.54) is 18.2 Å². The van der Waals surface area contributed by atoms with Crippen molar-refractivity contribution in [2.75, 3.05) is 10.0 Å². The number of hydrogen-bond donors (Lipinski definition) is 2. The minimum absolute atomic E-state index is 0.0553. The Bertz CT molecular complexity index is 1290. The lowest BCUT2D eigenvalue weighted by atomic mass is 10.1. The zero-order valence-electron chi connectivity index (χ0n) is 16.3. The van der Waals surface area contributed by atoms with Crippen LogP contribution in [0.3, 0.4) is 0 Å². The molecule has 11 heteroatoms. The number of carbonyl (C=O) groups is 1. The number of halogens is 5. The van der Waals surface area contributed by atoms with E-state index in [1.54, 1.807) is 6.92 Å². The third kappa shape index (κ3) is 5.38. The first kappa shape index (κ1) is 23.6. The molecule has 1 amide bonds. The lowest BCUT2D eigenvalue weighted by Gasteiger charge is -2.13. The molecule has 0 spiro atoms. The Morgan fingerprint density at radius 1 is 1.00 bits per heavy atom. The molecule has 5 nitrogen and oxygen atoms in total. The molecule has 3 aromatic carbocycles. The first-order valence-corrected chi connectivity index (χ1v) is 10.8. The Labute approximate surface area is 186 Å². The van der Waals surface area contributed by atoms with Crippen LogP contribution in [0.25, 0.3) is 0 Å². The third-order valence-corrected chi connectivity index (χ3v) is 6.08. The van der Waals surface area contributed by atoms with E-state index in [0.717, 1.165) is 36.4 Å². The second kappa shape index (κ2) is 8.79. The summed E-state index contributed by atoms with van der Waals surface area (Å²) in [5.41, 5.74) is -0.791. The minimum atomic E-state index is -4.65. The predicted octanol–water partition coefficient (Wildman–Crippen LogP) is 5.86. The van der Waals surface area contributed by atoms with Crippen molar-refractivity contribution in [3.63, 3.8) is 0 Å². The van der Waals surface area contributed by atoms with E-state index >= 15 is 0 Å². The summed E-state index contributed by atoms with van der Waals surface area (Å²) in [5, 5.41) is 2.46. The fraction of sp³-hybridized carbons (Fsp3) is 0.0952. The van der Waals surface area contributed by atoms with Crippen LogP contribution < -0.4 is 10.0 Å². The Morgan fingerprint density at radius 3 is 2.38 bits per heavy atom. The molecule has 0 heterocycles. The minimum Gasteiger partial charge on any atom is -0.322 e. The summed E-state index contributed by atoms with van der Waals surface area (Å²) >= 11 is 6.04. The van der Waals surface area contributed by atoms with Gasteiger partial charge in [-0.25, -0.2) is 12.8 Å². The standard InChI is InChI=1S/C21H15ClF4N2O3S/c1-12-9-14(23)5-8-19(12)27-20(29)17-11-16(6-7-18(17)22)32(30,31)28-15-4-2-3-13(10-15)21(24,25)26/h2-11,28H,1H3,(H,27,29). The Kier molecular flexibility index (Phi) is 6.47. The highest BCUT2D eigenvalue weighted by atomic mass is 35.5.